The molecule has 0 spiro atoms. The van der Waals surface area contributed by atoms with E-state index in [1.54, 1.807) is 7.11 Å². The van der Waals surface area contributed by atoms with Gasteiger partial charge in [-0.05, 0) is 69.2 Å². The molecule has 2 heterocycles. The molecule has 38 heavy (non-hydrogen) atoms. The molecule has 0 atom stereocenters. The highest BCUT2D eigenvalue weighted by molar-refractivity contribution is 6.01. The number of H-pyrrole nitrogens is 1. The number of hydrogen-bond donors (Lipinski definition) is 3. The minimum absolute atomic E-state index is 0.255. The summed E-state index contributed by atoms with van der Waals surface area (Å²) >= 11 is 0. The number of aromatic amines is 1. The zero-order valence-electron chi connectivity index (χ0n) is 22.5. The van der Waals surface area contributed by atoms with Crippen LogP contribution in [-0.2, 0) is 24.2 Å². The molecule has 0 fully saturated rings. The number of methoxy groups -OCH3 is 1. The van der Waals surface area contributed by atoms with Crippen LogP contribution in [0.25, 0.3) is 10.9 Å². The second-order valence-corrected chi connectivity index (χ2v) is 9.95. The molecule has 4 aromatic rings. The van der Waals surface area contributed by atoms with E-state index < -0.39 is 11.6 Å². The van der Waals surface area contributed by atoms with E-state index >= 15 is 0 Å². The third-order valence-corrected chi connectivity index (χ3v) is 6.01. The molecule has 2 aromatic heterocycles. The summed E-state index contributed by atoms with van der Waals surface area (Å²) in [4.78, 5) is 34.4. The lowest BCUT2D eigenvalue weighted by atomic mass is 10.0. The Kier molecular flexibility index (Phi) is 8.00. The van der Waals surface area contributed by atoms with Gasteiger partial charge in [-0.2, -0.15) is 0 Å². The molecule has 8 nitrogen and oxygen atoms in total. The van der Waals surface area contributed by atoms with E-state index in [1.165, 1.54) is 0 Å². The van der Waals surface area contributed by atoms with Crippen LogP contribution in [0.1, 0.15) is 65.5 Å². The summed E-state index contributed by atoms with van der Waals surface area (Å²) in [6.45, 7) is 7.92. The summed E-state index contributed by atoms with van der Waals surface area (Å²) in [7, 11) is 1.62. The van der Waals surface area contributed by atoms with E-state index in [9.17, 15) is 9.59 Å². The summed E-state index contributed by atoms with van der Waals surface area (Å²) in [6, 6.07) is 19.2. The lowest BCUT2D eigenvalue weighted by molar-refractivity contribution is 0.00622. The molecule has 0 radical (unpaired) electrons. The van der Waals surface area contributed by atoms with Crippen molar-refractivity contribution in [2.24, 2.45) is 0 Å². The highest BCUT2D eigenvalue weighted by Crippen LogP contribution is 2.25. The van der Waals surface area contributed by atoms with E-state index in [0.717, 1.165) is 28.0 Å². The molecule has 0 unspecified atom stereocenters. The molecule has 0 aliphatic heterocycles. The molecule has 4 rings (SSSR count). The Morgan fingerprint density at radius 3 is 2.39 bits per heavy atom. The fourth-order valence-corrected chi connectivity index (χ4v) is 4.22. The van der Waals surface area contributed by atoms with E-state index in [1.807, 2.05) is 88.4 Å². The Morgan fingerprint density at radius 1 is 0.974 bits per heavy atom. The Labute approximate surface area is 222 Å². The molecule has 3 N–H and O–H groups in total. The molecule has 0 aliphatic carbocycles. The van der Waals surface area contributed by atoms with Crippen LogP contribution in [0, 0.1) is 0 Å². The van der Waals surface area contributed by atoms with Crippen LogP contribution in [0.15, 0.2) is 60.7 Å². The molecule has 0 aliphatic rings. The van der Waals surface area contributed by atoms with Crippen molar-refractivity contribution in [1.29, 1.82) is 0 Å². The number of pyridine rings is 1. The zero-order chi connectivity index (χ0) is 27.3. The second-order valence-electron chi connectivity index (χ2n) is 9.95. The van der Waals surface area contributed by atoms with E-state index in [0.29, 0.717) is 35.5 Å². The lowest BCUT2D eigenvalue weighted by Gasteiger charge is -2.19. The van der Waals surface area contributed by atoms with Crippen molar-refractivity contribution in [2.45, 2.75) is 52.8 Å². The first-order chi connectivity index (χ1) is 18.2. The maximum Gasteiger partial charge on any atom is 0.355 e. The number of nitrogens with one attached hydrogen (secondary N) is 3. The molecular weight excluding hydrogens is 480 g/mol. The number of fused-ring (bicyclic) bond motifs is 1. The topological polar surface area (TPSA) is 105 Å². The molecule has 8 heteroatoms. The highest BCUT2D eigenvalue weighted by Gasteiger charge is 2.28. The van der Waals surface area contributed by atoms with Gasteiger partial charge in [0.15, 0.2) is 0 Å². The minimum atomic E-state index is -0.668. The number of ether oxygens (including phenoxy) is 2. The van der Waals surface area contributed by atoms with Gasteiger partial charge >= 0.3 is 5.97 Å². The van der Waals surface area contributed by atoms with Crippen molar-refractivity contribution in [3.8, 4) is 5.75 Å². The van der Waals surface area contributed by atoms with Crippen molar-refractivity contribution < 1.29 is 19.1 Å². The van der Waals surface area contributed by atoms with Gasteiger partial charge in [0, 0.05) is 16.8 Å². The first kappa shape index (κ1) is 26.7. The van der Waals surface area contributed by atoms with Gasteiger partial charge in [-0.3, -0.25) is 9.78 Å². The van der Waals surface area contributed by atoms with E-state index in [2.05, 4.69) is 20.6 Å². The second kappa shape index (κ2) is 11.4. The summed E-state index contributed by atoms with van der Waals surface area (Å²) in [6.07, 6.45) is 0.477. The van der Waals surface area contributed by atoms with Gasteiger partial charge in [0.1, 0.15) is 17.0 Å². The predicted octanol–water partition coefficient (Wildman–Crippen LogP) is 5.63. The summed E-state index contributed by atoms with van der Waals surface area (Å²) in [5.74, 6) is -0.0250. The Morgan fingerprint density at radius 2 is 1.71 bits per heavy atom. The first-order valence-corrected chi connectivity index (χ1v) is 12.7. The van der Waals surface area contributed by atoms with Crippen LogP contribution in [0.3, 0.4) is 0 Å². The summed E-state index contributed by atoms with van der Waals surface area (Å²) < 4.78 is 10.9. The maximum atomic E-state index is 13.5. The number of esters is 1. The number of carbonyl (C=O) groups excluding carboxylic acids is 2. The number of aromatic nitrogens is 2. The van der Waals surface area contributed by atoms with Crippen molar-refractivity contribution in [3.63, 3.8) is 0 Å². The molecule has 0 saturated heterocycles. The quantitative estimate of drug-likeness (QED) is 0.250. The molecule has 1 amide bonds. The number of hydrogen-bond acceptors (Lipinski definition) is 6. The monoisotopic (exact) mass is 514 g/mol. The zero-order valence-corrected chi connectivity index (χ0v) is 22.5. The summed E-state index contributed by atoms with van der Waals surface area (Å²) in [5, 5.41) is 7.35. The van der Waals surface area contributed by atoms with Crippen molar-refractivity contribution >= 4 is 28.5 Å². The lowest BCUT2D eigenvalue weighted by Crippen LogP contribution is -2.26. The van der Waals surface area contributed by atoms with Crippen LogP contribution < -0.4 is 15.4 Å². The molecule has 0 saturated carbocycles. The van der Waals surface area contributed by atoms with Crippen molar-refractivity contribution in [2.75, 3.05) is 12.4 Å². The van der Waals surface area contributed by atoms with Gasteiger partial charge in [-0.15, -0.1) is 0 Å². The standard InChI is InChI=1S/C30H34N4O4/c1-6-23-26(28(35)32-17-21-12-11-19-9-7-8-10-24(19)33-21)25(34-27(23)29(36)38-30(2,3)4)18-31-20-13-15-22(37-5)16-14-20/h7-16,31,34H,6,17-18H2,1-5H3,(H,32,35). The number of benzene rings is 2. The van der Waals surface area contributed by atoms with Gasteiger partial charge in [-0.1, -0.05) is 31.2 Å². The molecule has 198 valence electrons. The number of nitrogens with zero attached hydrogens (tertiary/aromatic N) is 1. The largest absolute Gasteiger partial charge is 0.497 e. The first-order valence-electron chi connectivity index (χ1n) is 12.7. The third kappa shape index (κ3) is 6.32. The van der Waals surface area contributed by atoms with E-state index in [4.69, 9.17) is 9.47 Å². The average molecular weight is 515 g/mol. The maximum absolute atomic E-state index is 13.5. The van der Waals surface area contributed by atoms with Crippen molar-refractivity contribution in [1.82, 2.24) is 15.3 Å². The van der Waals surface area contributed by atoms with Gasteiger partial charge < -0.3 is 25.1 Å². The smallest absolute Gasteiger partial charge is 0.355 e. The minimum Gasteiger partial charge on any atom is -0.497 e. The SMILES string of the molecule is CCc1c(C(=O)OC(C)(C)C)[nH]c(CNc2ccc(OC)cc2)c1C(=O)NCc1ccc2ccccc2n1. The predicted molar refractivity (Wildman–Crippen MR) is 149 cm³/mol. The fraction of sp³-hybridized carbons (Fsp3) is 0.300. The molecule has 2 aromatic carbocycles. The Bertz CT molecular complexity index is 1440. The van der Waals surface area contributed by atoms with E-state index in [-0.39, 0.29) is 12.5 Å². The highest BCUT2D eigenvalue weighted by atomic mass is 16.6. The van der Waals surface area contributed by atoms with Gasteiger partial charge in [-0.25, -0.2) is 4.79 Å². The number of anilines is 1. The number of rotatable bonds is 9. The number of para-hydroxylation sites is 1. The Hall–Kier alpha value is -4.33. The van der Waals surface area contributed by atoms with Gasteiger partial charge in [0.25, 0.3) is 5.91 Å². The number of amides is 1. The summed E-state index contributed by atoms with van der Waals surface area (Å²) in [5.41, 5.74) is 3.75. The van der Waals surface area contributed by atoms with Crippen LogP contribution in [-0.4, -0.2) is 34.6 Å². The normalized spacial score (nSPS) is 11.3. The Balaban J connectivity index is 1.61. The van der Waals surface area contributed by atoms with Crippen LogP contribution in [0.4, 0.5) is 5.69 Å². The van der Waals surface area contributed by atoms with Crippen LogP contribution >= 0.6 is 0 Å². The number of carbonyl (C=O) groups is 2. The average Bonchev–Trinajstić information content (AvgIpc) is 3.28. The molecular formula is C30H34N4O4. The third-order valence-electron chi connectivity index (χ3n) is 6.01. The van der Waals surface area contributed by atoms with Gasteiger partial charge in [0.05, 0.1) is 37.0 Å². The van der Waals surface area contributed by atoms with Crippen molar-refractivity contribution in [3.05, 3.63) is 88.9 Å². The molecule has 0 bridgehead atoms. The fourth-order valence-electron chi connectivity index (χ4n) is 4.22. The van der Waals surface area contributed by atoms with Crippen LogP contribution in [0.2, 0.25) is 0 Å². The van der Waals surface area contributed by atoms with Gasteiger partial charge in [0.2, 0.25) is 0 Å². The van der Waals surface area contributed by atoms with Crippen LogP contribution in [0.5, 0.6) is 5.75 Å².